The van der Waals surface area contributed by atoms with Gasteiger partial charge in [-0.1, -0.05) is 70.1 Å². The Kier molecular flexibility index (Phi) is 11.9. The van der Waals surface area contributed by atoms with E-state index in [1.165, 1.54) is 62.5 Å². The summed E-state index contributed by atoms with van der Waals surface area (Å²) in [6, 6.07) is 0. The van der Waals surface area contributed by atoms with Crippen LogP contribution in [-0.2, 0) is 4.79 Å². The van der Waals surface area contributed by atoms with Crippen molar-refractivity contribution < 1.29 is 9.90 Å². The summed E-state index contributed by atoms with van der Waals surface area (Å²) in [5, 5.41) is 9.49. The van der Waals surface area contributed by atoms with E-state index in [1.54, 1.807) is 0 Å². The second-order valence-electron chi connectivity index (χ2n) is 9.45. The van der Waals surface area contributed by atoms with Crippen molar-refractivity contribution in [3.8, 4) is 0 Å². The van der Waals surface area contributed by atoms with Gasteiger partial charge in [0.25, 0.3) is 0 Å². The Morgan fingerprint density at radius 3 is 2.26 bits per heavy atom. The molecule has 0 fully saturated rings. The highest BCUT2D eigenvalue weighted by molar-refractivity contribution is 5.91. The maximum atomic E-state index is 11.3. The van der Waals surface area contributed by atoms with E-state index < -0.39 is 0 Å². The number of ketones is 1. The van der Waals surface area contributed by atoms with Crippen LogP contribution in [0.1, 0.15) is 105 Å². The maximum absolute atomic E-state index is 11.3. The molecule has 0 saturated carbocycles. The Bertz CT molecular complexity index is 487. The molecule has 0 saturated heterocycles. The zero-order chi connectivity index (χ0) is 20.2. The van der Waals surface area contributed by atoms with E-state index in [9.17, 15) is 9.90 Å². The largest absolute Gasteiger partial charge is 0.389 e. The van der Waals surface area contributed by atoms with Gasteiger partial charge in [0.05, 0.1) is 6.10 Å². The van der Waals surface area contributed by atoms with Gasteiger partial charge in [-0.15, -0.1) is 0 Å². The summed E-state index contributed by atoms with van der Waals surface area (Å²) in [4.78, 5) is 11.3. The summed E-state index contributed by atoms with van der Waals surface area (Å²) < 4.78 is 0. The number of unbranched alkanes of at least 4 members (excludes halogenated alkanes) is 4. The van der Waals surface area contributed by atoms with Crippen molar-refractivity contribution in [2.45, 2.75) is 111 Å². The molecule has 2 aliphatic carbocycles. The quantitative estimate of drug-likeness (QED) is 0.365. The fourth-order valence-electron chi connectivity index (χ4n) is 4.64. The molecule has 0 spiro atoms. The van der Waals surface area contributed by atoms with Crippen LogP contribution in [0, 0.1) is 17.8 Å². The molecule has 2 rings (SSSR count). The summed E-state index contributed by atoms with van der Waals surface area (Å²) in [6.45, 7) is 10.9. The summed E-state index contributed by atoms with van der Waals surface area (Å²) >= 11 is 0. The maximum Gasteiger partial charge on any atom is 0.155 e. The number of rotatable bonds is 8. The average Bonchev–Trinajstić information content (AvgIpc) is 2.52. The molecule has 2 nitrogen and oxygen atoms in total. The molecule has 0 heterocycles. The Morgan fingerprint density at radius 2 is 1.67 bits per heavy atom. The van der Waals surface area contributed by atoms with Gasteiger partial charge in [-0.05, 0) is 69.8 Å². The van der Waals surface area contributed by atoms with E-state index in [0.29, 0.717) is 17.6 Å². The number of allylic oxidation sites excluding steroid dienone is 3. The van der Waals surface area contributed by atoms with Crippen molar-refractivity contribution in [1.29, 1.82) is 0 Å². The van der Waals surface area contributed by atoms with Crippen molar-refractivity contribution in [1.82, 2.24) is 0 Å². The zero-order valence-electron chi connectivity index (χ0n) is 18.6. The molecule has 3 unspecified atom stereocenters. The third-order valence-electron chi connectivity index (χ3n) is 5.69. The molecule has 0 bridgehead atoms. The second kappa shape index (κ2) is 13.3. The standard InChI is InChI=1S/C14H24O.C11H20O/c1-3-4-5-6-7-8-13-9-12(2)10-14(15)11-13;1-8(2)4-10-5-9(3)6-11(12)7-10/h10,13H,3-9,11H2,1-2H3;6,8,10-12H,4-5,7H2,1-3H3. The second-order valence-corrected chi connectivity index (χ2v) is 9.45. The molecule has 0 amide bonds. The van der Waals surface area contributed by atoms with Crippen LogP contribution < -0.4 is 0 Å². The monoisotopic (exact) mass is 376 g/mol. The van der Waals surface area contributed by atoms with Crippen LogP contribution in [0.2, 0.25) is 0 Å². The van der Waals surface area contributed by atoms with Gasteiger partial charge in [-0.25, -0.2) is 0 Å². The highest BCUT2D eigenvalue weighted by Gasteiger charge is 2.19. The first kappa shape index (κ1) is 24.1. The normalized spacial score (nSPS) is 25.6. The fourth-order valence-corrected chi connectivity index (χ4v) is 4.64. The predicted molar refractivity (Wildman–Crippen MR) is 117 cm³/mol. The van der Waals surface area contributed by atoms with Gasteiger partial charge in [0.1, 0.15) is 0 Å². The van der Waals surface area contributed by atoms with Crippen LogP contribution in [0.4, 0.5) is 0 Å². The number of hydrogen-bond donors (Lipinski definition) is 1. The highest BCUT2D eigenvalue weighted by Crippen LogP contribution is 2.29. The summed E-state index contributed by atoms with van der Waals surface area (Å²) in [5.74, 6) is 2.46. The third-order valence-corrected chi connectivity index (χ3v) is 5.69. The van der Waals surface area contributed by atoms with Gasteiger partial charge in [-0.3, -0.25) is 4.79 Å². The van der Waals surface area contributed by atoms with E-state index in [4.69, 9.17) is 0 Å². The van der Waals surface area contributed by atoms with Crippen molar-refractivity contribution >= 4 is 5.78 Å². The molecule has 0 aromatic rings. The van der Waals surface area contributed by atoms with Gasteiger partial charge in [-0.2, -0.15) is 0 Å². The molecule has 0 aromatic carbocycles. The SMILES string of the molecule is CC1=CC(O)CC(CC(C)C)C1.CCCCCCCC1CC(=O)C=C(C)C1. The first-order valence-electron chi connectivity index (χ1n) is 11.4. The number of carbonyl (C=O) groups excluding carboxylic acids is 1. The topological polar surface area (TPSA) is 37.3 Å². The molecule has 0 aromatic heterocycles. The number of aliphatic hydroxyl groups excluding tert-OH is 1. The van der Waals surface area contributed by atoms with Crippen LogP contribution in [0.25, 0.3) is 0 Å². The lowest BCUT2D eigenvalue weighted by Crippen LogP contribution is -2.18. The first-order chi connectivity index (χ1) is 12.8. The molecule has 0 aliphatic heterocycles. The van der Waals surface area contributed by atoms with Crippen LogP contribution in [-0.4, -0.2) is 17.0 Å². The van der Waals surface area contributed by atoms with Gasteiger partial charge < -0.3 is 5.11 Å². The fraction of sp³-hybridized carbons (Fsp3) is 0.800. The van der Waals surface area contributed by atoms with Crippen molar-refractivity contribution in [2.75, 3.05) is 0 Å². The highest BCUT2D eigenvalue weighted by atomic mass is 16.3. The van der Waals surface area contributed by atoms with Crippen LogP contribution >= 0.6 is 0 Å². The molecule has 2 aliphatic rings. The van der Waals surface area contributed by atoms with Crippen LogP contribution in [0.3, 0.4) is 0 Å². The molecule has 2 heteroatoms. The van der Waals surface area contributed by atoms with Gasteiger partial charge in [0, 0.05) is 6.42 Å². The van der Waals surface area contributed by atoms with Gasteiger partial charge >= 0.3 is 0 Å². The summed E-state index contributed by atoms with van der Waals surface area (Å²) in [7, 11) is 0. The van der Waals surface area contributed by atoms with Gasteiger partial charge in [0.2, 0.25) is 0 Å². The van der Waals surface area contributed by atoms with E-state index in [2.05, 4.69) is 34.6 Å². The lowest BCUT2D eigenvalue weighted by atomic mass is 9.83. The Balaban J connectivity index is 0.000000277. The number of carbonyl (C=O) groups is 1. The minimum Gasteiger partial charge on any atom is -0.389 e. The summed E-state index contributed by atoms with van der Waals surface area (Å²) in [5.41, 5.74) is 2.64. The molecule has 3 atom stereocenters. The molecular weight excluding hydrogens is 332 g/mol. The predicted octanol–water partition coefficient (Wildman–Crippen LogP) is 7.02. The van der Waals surface area contributed by atoms with Crippen LogP contribution in [0.15, 0.2) is 23.3 Å². The number of aliphatic hydroxyl groups is 1. The molecule has 156 valence electrons. The van der Waals surface area contributed by atoms with E-state index >= 15 is 0 Å². The molecule has 27 heavy (non-hydrogen) atoms. The Labute approximate surface area is 168 Å². The minimum absolute atomic E-state index is 0.178. The van der Waals surface area contributed by atoms with E-state index in [1.807, 2.05) is 12.2 Å². The molecule has 1 N–H and O–H groups in total. The van der Waals surface area contributed by atoms with Crippen molar-refractivity contribution in [2.24, 2.45) is 17.8 Å². The third kappa shape index (κ3) is 11.5. The molecule has 0 radical (unpaired) electrons. The van der Waals surface area contributed by atoms with E-state index in [0.717, 1.165) is 25.2 Å². The number of hydrogen-bond acceptors (Lipinski definition) is 2. The Hall–Kier alpha value is -0.890. The van der Waals surface area contributed by atoms with Crippen molar-refractivity contribution in [3.05, 3.63) is 23.3 Å². The molecular formula is C25H44O2. The van der Waals surface area contributed by atoms with Gasteiger partial charge in [0.15, 0.2) is 5.78 Å². The first-order valence-corrected chi connectivity index (χ1v) is 11.4. The average molecular weight is 377 g/mol. The lowest BCUT2D eigenvalue weighted by Gasteiger charge is -2.25. The Morgan fingerprint density at radius 1 is 1.00 bits per heavy atom. The van der Waals surface area contributed by atoms with E-state index in [-0.39, 0.29) is 6.10 Å². The van der Waals surface area contributed by atoms with Crippen molar-refractivity contribution in [3.63, 3.8) is 0 Å². The zero-order valence-corrected chi connectivity index (χ0v) is 18.6. The smallest absolute Gasteiger partial charge is 0.155 e. The van der Waals surface area contributed by atoms with Crippen LogP contribution in [0.5, 0.6) is 0 Å². The minimum atomic E-state index is -0.178. The summed E-state index contributed by atoms with van der Waals surface area (Å²) in [6.07, 6.45) is 17.0. The lowest BCUT2D eigenvalue weighted by molar-refractivity contribution is -0.116.